The highest BCUT2D eigenvalue weighted by Gasteiger charge is 2.17. The summed E-state index contributed by atoms with van der Waals surface area (Å²) in [4.78, 5) is 5.44. The van der Waals surface area contributed by atoms with Gasteiger partial charge in [-0.2, -0.15) is 0 Å². The third-order valence-corrected chi connectivity index (χ3v) is 2.01. The van der Waals surface area contributed by atoms with Crippen molar-refractivity contribution in [1.82, 2.24) is 15.2 Å². The molecule has 62 valence electrons. The van der Waals surface area contributed by atoms with Gasteiger partial charge in [0.05, 0.1) is 6.20 Å². The van der Waals surface area contributed by atoms with Crippen molar-refractivity contribution in [2.24, 2.45) is 0 Å². The van der Waals surface area contributed by atoms with E-state index in [2.05, 4.69) is 14.8 Å². The number of hydrazine groups is 1. The number of sulfonamides is 1. The molecule has 0 bridgehead atoms. The molecule has 0 saturated carbocycles. The normalized spacial score (nSPS) is 11.7. The molecule has 1 aromatic rings. The molecule has 0 aliphatic heterocycles. The highest BCUT2D eigenvalue weighted by atomic mass is 32.2. The molecule has 11 heavy (non-hydrogen) atoms. The number of oxazole rings is 1. The lowest BCUT2D eigenvalue weighted by molar-refractivity contribution is 0.423. The number of aromatic nitrogens is 1. The third-order valence-electron chi connectivity index (χ3n) is 0.876. The number of hydrogen-bond acceptors (Lipinski definition) is 5. The van der Waals surface area contributed by atoms with Crippen LogP contribution in [-0.2, 0) is 10.0 Å². The first-order chi connectivity index (χ1) is 5.17. The van der Waals surface area contributed by atoms with Crippen molar-refractivity contribution in [2.45, 2.75) is 5.22 Å². The van der Waals surface area contributed by atoms with Gasteiger partial charge in [0, 0.05) is 0 Å². The maximum atomic E-state index is 11.0. The van der Waals surface area contributed by atoms with Crippen molar-refractivity contribution in [2.75, 3.05) is 7.05 Å². The Morgan fingerprint density at radius 3 is 2.82 bits per heavy atom. The average molecular weight is 177 g/mol. The van der Waals surface area contributed by atoms with Crippen LogP contribution in [-0.4, -0.2) is 20.4 Å². The fraction of sp³-hybridized carbons (Fsp3) is 0.250. The van der Waals surface area contributed by atoms with Crippen molar-refractivity contribution in [3.05, 3.63) is 12.5 Å². The van der Waals surface area contributed by atoms with Crippen molar-refractivity contribution in [1.29, 1.82) is 0 Å². The second-order valence-corrected chi connectivity index (χ2v) is 3.21. The lowest BCUT2D eigenvalue weighted by Gasteiger charge is -1.97. The Morgan fingerprint density at radius 1 is 1.64 bits per heavy atom. The summed E-state index contributed by atoms with van der Waals surface area (Å²) in [6.07, 6.45) is 2.44. The van der Waals surface area contributed by atoms with Gasteiger partial charge in [0.25, 0.3) is 0 Å². The molecule has 1 heterocycles. The molecule has 0 aromatic carbocycles. The standard InChI is InChI=1S/C4H7N3O3S/c1-5-7-11(8,9)4-6-2-3-10-4/h2-3,5,7H,1H3. The van der Waals surface area contributed by atoms with Gasteiger partial charge in [0.15, 0.2) is 0 Å². The summed E-state index contributed by atoms with van der Waals surface area (Å²) < 4.78 is 26.5. The predicted molar refractivity (Wildman–Crippen MR) is 35.9 cm³/mol. The van der Waals surface area contributed by atoms with Crippen molar-refractivity contribution >= 4 is 10.0 Å². The minimum atomic E-state index is -3.61. The van der Waals surface area contributed by atoms with Gasteiger partial charge in [-0.3, -0.25) is 0 Å². The smallest absolute Gasteiger partial charge is 0.331 e. The van der Waals surface area contributed by atoms with E-state index in [1.54, 1.807) is 0 Å². The molecule has 0 fully saturated rings. The van der Waals surface area contributed by atoms with Crippen LogP contribution in [0.3, 0.4) is 0 Å². The molecule has 1 aromatic heterocycles. The van der Waals surface area contributed by atoms with E-state index < -0.39 is 10.0 Å². The lowest BCUT2D eigenvalue weighted by atomic mass is 11.0. The molecule has 0 atom stereocenters. The molecule has 0 aliphatic rings. The van der Waals surface area contributed by atoms with Crippen molar-refractivity contribution in [3.63, 3.8) is 0 Å². The molecule has 2 N–H and O–H groups in total. The van der Waals surface area contributed by atoms with Gasteiger partial charge < -0.3 is 4.42 Å². The van der Waals surface area contributed by atoms with E-state index in [1.807, 2.05) is 4.83 Å². The molecule has 0 aliphatic carbocycles. The molecular weight excluding hydrogens is 170 g/mol. The van der Waals surface area contributed by atoms with Crippen LogP contribution in [0.4, 0.5) is 0 Å². The minimum Gasteiger partial charge on any atom is -0.436 e. The second kappa shape index (κ2) is 2.99. The summed E-state index contributed by atoms with van der Waals surface area (Å²) in [7, 11) is -2.17. The number of rotatable bonds is 3. The zero-order chi connectivity index (χ0) is 8.32. The number of nitrogens with zero attached hydrogens (tertiary/aromatic N) is 1. The van der Waals surface area contributed by atoms with Crippen LogP contribution in [0, 0.1) is 0 Å². The monoisotopic (exact) mass is 177 g/mol. The Labute approximate surface area is 63.6 Å². The highest BCUT2D eigenvalue weighted by Crippen LogP contribution is 2.01. The molecule has 0 amide bonds. The van der Waals surface area contributed by atoms with Crippen molar-refractivity contribution in [3.8, 4) is 0 Å². The van der Waals surface area contributed by atoms with Gasteiger partial charge in [0.1, 0.15) is 6.26 Å². The Bertz CT molecular complexity index is 303. The molecule has 0 unspecified atom stereocenters. The fourth-order valence-corrected chi connectivity index (χ4v) is 1.26. The molecule has 0 spiro atoms. The summed E-state index contributed by atoms with van der Waals surface area (Å²) in [5.41, 5.74) is 2.26. The molecular formula is C4H7N3O3S. The van der Waals surface area contributed by atoms with E-state index >= 15 is 0 Å². The first-order valence-electron chi connectivity index (χ1n) is 2.75. The first kappa shape index (κ1) is 8.18. The van der Waals surface area contributed by atoms with Crippen LogP contribution >= 0.6 is 0 Å². The summed E-state index contributed by atoms with van der Waals surface area (Å²) in [5, 5.41) is -0.355. The molecule has 1 rings (SSSR count). The van der Waals surface area contributed by atoms with E-state index in [0.717, 1.165) is 0 Å². The molecule has 6 nitrogen and oxygen atoms in total. The fourth-order valence-electron chi connectivity index (χ4n) is 0.521. The van der Waals surface area contributed by atoms with Gasteiger partial charge in [-0.05, 0) is 7.05 Å². The zero-order valence-electron chi connectivity index (χ0n) is 5.73. The van der Waals surface area contributed by atoms with Gasteiger partial charge >= 0.3 is 15.2 Å². The Hall–Kier alpha value is -0.920. The van der Waals surface area contributed by atoms with E-state index in [9.17, 15) is 8.42 Å². The van der Waals surface area contributed by atoms with E-state index in [4.69, 9.17) is 0 Å². The van der Waals surface area contributed by atoms with Crippen LogP contribution in [0.5, 0.6) is 0 Å². The van der Waals surface area contributed by atoms with E-state index in [-0.39, 0.29) is 5.22 Å². The van der Waals surface area contributed by atoms with E-state index in [1.165, 1.54) is 19.5 Å². The van der Waals surface area contributed by atoms with Crippen LogP contribution in [0.15, 0.2) is 22.1 Å². The maximum Gasteiger partial charge on any atom is 0.331 e. The quantitative estimate of drug-likeness (QED) is 0.584. The summed E-state index contributed by atoms with van der Waals surface area (Å²) >= 11 is 0. The summed E-state index contributed by atoms with van der Waals surface area (Å²) in [6.45, 7) is 0. The average Bonchev–Trinajstić information content (AvgIpc) is 2.37. The van der Waals surface area contributed by atoms with Crippen LogP contribution in [0.2, 0.25) is 0 Å². The largest absolute Gasteiger partial charge is 0.436 e. The van der Waals surface area contributed by atoms with Crippen LogP contribution in [0.1, 0.15) is 0 Å². The van der Waals surface area contributed by atoms with E-state index in [0.29, 0.717) is 0 Å². The summed E-state index contributed by atoms with van der Waals surface area (Å²) in [5.74, 6) is 0. The van der Waals surface area contributed by atoms with Crippen LogP contribution < -0.4 is 10.3 Å². The van der Waals surface area contributed by atoms with Gasteiger partial charge in [-0.1, -0.05) is 0 Å². The maximum absolute atomic E-state index is 11.0. The molecule has 7 heteroatoms. The number of hydrogen-bond donors (Lipinski definition) is 2. The Kier molecular flexibility index (Phi) is 2.22. The Balaban J connectivity index is 2.92. The molecule has 0 radical (unpaired) electrons. The predicted octanol–water partition coefficient (Wildman–Crippen LogP) is -0.913. The van der Waals surface area contributed by atoms with Gasteiger partial charge in [-0.15, -0.1) is 4.83 Å². The lowest BCUT2D eigenvalue weighted by Crippen LogP contribution is -2.34. The van der Waals surface area contributed by atoms with Crippen LogP contribution in [0.25, 0.3) is 0 Å². The highest BCUT2D eigenvalue weighted by molar-refractivity contribution is 7.89. The van der Waals surface area contributed by atoms with Gasteiger partial charge in [-0.25, -0.2) is 18.8 Å². The zero-order valence-corrected chi connectivity index (χ0v) is 6.55. The topological polar surface area (TPSA) is 84.2 Å². The minimum absolute atomic E-state index is 0.355. The first-order valence-corrected chi connectivity index (χ1v) is 4.23. The third kappa shape index (κ3) is 1.76. The van der Waals surface area contributed by atoms with Gasteiger partial charge in [0.2, 0.25) is 0 Å². The molecule has 0 saturated heterocycles. The second-order valence-electron chi connectivity index (χ2n) is 1.65. The number of nitrogens with one attached hydrogen (secondary N) is 2. The van der Waals surface area contributed by atoms with Crippen molar-refractivity contribution < 1.29 is 12.8 Å². The SMILES string of the molecule is CNNS(=O)(=O)c1ncco1. The Morgan fingerprint density at radius 2 is 2.36 bits per heavy atom. The summed E-state index contributed by atoms with van der Waals surface area (Å²) in [6, 6.07) is 0.